The van der Waals surface area contributed by atoms with Gasteiger partial charge >= 0.3 is 0 Å². The number of nitrogens with zero attached hydrogens (tertiary/aromatic N) is 2. The molecule has 0 saturated carbocycles. The molecule has 1 aromatic heterocycles. The molecular weight excluding hydrogens is 238 g/mol. The van der Waals surface area contributed by atoms with Gasteiger partial charge in [-0.3, -0.25) is 0 Å². The van der Waals surface area contributed by atoms with Crippen molar-refractivity contribution in [2.75, 3.05) is 31.2 Å². The smallest absolute Gasteiger partial charge is 0.129 e. The van der Waals surface area contributed by atoms with Gasteiger partial charge in [-0.15, -0.1) is 0 Å². The van der Waals surface area contributed by atoms with Crippen LogP contribution < -0.4 is 10.2 Å². The van der Waals surface area contributed by atoms with E-state index in [1.165, 1.54) is 12.0 Å². The molecule has 19 heavy (non-hydrogen) atoms. The number of hydrogen-bond acceptors (Lipinski definition) is 4. The van der Waals surface area contributed by atoms with E-state index in [4.69, 9.17) is 4.74 Å². The predicted octanol–water partition coefficient (Wildman–Crippen LogP) is 2.20. The quantitative estimate of drug-likeness (QED) is 0.798. The van der Waals surface area contributed by atoms with Crippen molar-refractivity contribution in [2.24, 2.45) is 0 Å². The Kier molecular flexibility index (Phi) is 5.61. The molecule has 1 unspecified atom stereocenters. The van der Waals surface area contributed by atoms with Crippen molar-refractivity contribution in [1.29, 1.82) is 0 Å². The molecule has 4 nitrogen and oxygen atoms in total. The van der Waals surface area contributed by atoms with Crippen molar-refractivity contribution in [2.45, 2.75) is 39.3 Å². The molecule has 0 bridgehead atoms. The van der Waals surface area contributed by atoms with E-state index in [1.54, 1.807) is 0 Å². The fraction of sp³-hybridized carbons (Fsp3) is 0.667. The maximum absolute atomic E-state index is 5.55. The molecule has 0 aromatic carbocycles. The minimum Gasteiger partial charge on any atom is -0.377 e. The minimum absolute atomic E-state index is 0.458. The summed E-state index contributed by atoms with van der Waals surface area (Å²) in [5.74, 6) is 1.09. The molecule has 106 valence electrons. The van der Waals surface area contributed by atoms with Crippen LogP contribution in [0, 0.1) is 0 Å². The van der Waals surface area contributed by atoms with Gasteiger partial charge in [0.1, 0.15) is 5.82 Å². The summed E-state index contributed by atoms with van der Waals surface area (Å²) in [6.45, 7) is 8.94. The van der Waals surface area contributed by atoms with Crippen molar-refractivity contribution >= 4 is 5.82 Å². The largest absolute Gasteiger partial charge is 0.377 e. The van der Waals surface area contributed by atoms with Gasteiger partial charge in [-0.2, -0.15) is 0 Å². The molecule has 0 aliphatic carbocycles. The Balaban J connectivity index is 2.04. The highest BCUT2D eigenvalue weighted by Gasteiger charge is 2.22. The second kappa shape index (κ2) is 7.46. The molecule has 2 heterocycles. The Morgan fingerprint density at radius 3 is 3.16 bits per heavy atom. The van der Waals surface area contributed by atoms with E-state index in [0.717, 1.165) is 45.1 Å². The molecule has 0 spiro atoms. The van der Waals surface area contributed by atoms with E-state index in [1.807, 2.05) is 6.20 Å². The molecule has 2 rings (SSSR count). The van der Waals surface area contributed by atoms with E-state index in [9.17, 15) is 0 Å². The van der Waals surface area contributed by atoms with Crippen molar-refractivity contribution in [3.05, 3.63) is 23.9 Å². The zero-order chi connectivity index (χ0) is 13.5. The van der Waals surface area contributed by atoms with Crippen molar-refractivity contribution in [1.82, 2.24) is 10.3 Å². The maximum Gasteiger partial charge on any atom is 0.129 e. The van der Waals surface area contributed by atoms with E-state index in [0.29, 0.717) is 6.04 Å². The van der Waals surface area contributed by atoms with Crippen LogP contribution in [0.1, 0.15) is 32.3 Å². The lowest BCUT2D eigenvalue weighted by molar-refractivity contribution is 0.0925. The van der Waals surface area contributed by atoms with E-state index in [-0.39, 0.29) is 0 Å². The van der Waals surface area contributed by atoms with Crippen LogP contribution in [0.3, 0.4) is 0 Å². The first kappa shape index (κ1) is 14.3. The summed E-state index contributed by atoms with van der Waals surface area (Å²) >= 11 is 0. The number of nitrogens with one attached hydrogen (secondary N) is 1. The SMILES string of the molecule is CCCNCc1ccnc(N2CCOCC2CC)c1. The average Bonchev–Trinajstić information content (AvgIpc) is 2.48. The van der Waals surface area contributed by atoms with Crippen LogP contribution in [0.15, 0.2) is 18.3 Å². The molecule has 4 heteroatoms. The van der Waals surface area contributed by atoms with Crippen molar-refractivity contribution in [3.8, 4) is 0 Å². The van der Waals surface area contributed by atoms with Gasteiger partial charge in [-0.05, 0) is 37.1 Å². The lowest BCUT2D eigenvalue weighted by atomic mass is 10.1. The summed E-state index contributed by atoms with van der Waals surface area (Å²) in [7, 11) is 0. The molecule has 1 aliphatic rings. The standard InChI is InChI=1S/C15H25N3O/c1-3-6-16-11-13-5-7-17-15(10-13)18-8-9-19-12-14(18)4-2/h5,7,10,14,16H,3-4,6,8-9,11-12H2,1-2H3. The summed E-state index contributed by atoms with van der Waals surface area (Å²) in [5, 5.41) is 3.44. The summed E-state index contributed by atoms with van der Waals surface area (Å²) in [4.78, 5) is 6.91. The second-order valence-corrected chi connectivity index (χ2v) is 5.03. The number of anilines is 1. The molecular formula is C15H25N3O. The van der Waals surface area contributed by atoms with Gasteiger partial charge in [0, 0.05) is 19.3 Å². The van der Waals surface area contributed by atoms with Gasteiger partial charge in [0.2, 0.25) is 0 Å². The van der Waals surface area contributed by atoms with E-state index >= 15 is 0 Å². The number of ether oxygens (including phenoxy) is 1. The Morgan fingerprint density at radius 2 is 2.37 bits per heavy atom. The Labute approximate surface area is 116 Å². The molecule has 1 atom stereocenters. The number of pyridine rings is 1. The number of aromatic nitrogens is 1. The van der Waals surface area contributed by atoms with Gasteiger partial charge in [-0.1, -0.05) is 13.8 Å². The normalized spacial score (nSPS) is 19.7. The molecule has 1 aromatic rings. The maximum atomic E-state index is 5.55. The van der Waals surface area contributed by atoms with Crippen LogP contribution in [0.4, 0.5) is 5.82 Å². The zero-order valence-corrected chi connectivity index (χ0v) is 12.1. The third-order valence-corrected chi connectivity index (χ3v) is 3.56. The van der Waals surface area contributed by atoms with Crippen LogP contribution in [0.25, 0.3) is 0 Å². The molecule has 1 saturated heterocycles. The molecule has 1 N–H and O–H groups in total. The summed E-state index contributed by atoms with van der Waals surface area (Å²) in [5.41, 5.74) is 1.31. The van der Waals surface area contributed by atoms with Crippen molar-refractivity contribution < 1.29 is 4.74 Å². The predicted molar refractivity (Wildman–Crippen MR) is 78.5 cm³/mol. The highest BCUT2D eigenvalue weighted by molar-refractivity contribution is 5.42. The minimum atomic E-state index is 0.458. The first-order valence-electron chi connectivity index (χ1n) is 7.35. The first-order chi connectivity index (χ1) is 9.35. The summed E-state index contributed by atoms with van der Waals surface area (Å²) in [6, 6.07) is 4.75. The van der Waals surface area contributed by atoms with Gasteiger partial charge in [0.25, 0.3) is 0 Å². The van der Waals surface area contributed by atoms with Gasteiger partial charge in [-0.25, -0.2) is 4.98 Å². The fourth-order valence-electron chi connectivity index (χ4n) is 2.43. The number of morpholine rings is 1. The van der Waals surface area contributed by atoms with Crippen LogP contribution >= 0.6 is 0 Å². The van der Waals surface area contributed by atoms with Crippen LogP contribution in [0.5, 0.6) is 0 Å². The third kappa shape index (κ3) is 3.91. The zero-order valence-electron chi connectivity index (χ0n) is 12.1. The van der Waals surface area contributed by atoms with Gasteiger partial charge in [0.15, 0.2) is 0 Å². The molecule has 1 aliphatic heterocycles. The number of rotatable bonds is 6. The van der Waals surface area contributed by atoms with E-state index < -0.39 is 0 Å². The molecule has 1 fully saturated rings. The molecule has 0 amide bonds. The third-order valence-electron chi connectivity index (χ3n) is 3.56. The van der Waals surface area contributed by atoms with E-state index in [2.05, 4.69) is 41.2 Å². The van der Waals surface area contributed by atoms with Crippen molar-refractivity contribution in [3.63, 3.8) is 0 Å². The highest BCUT2D eigenvalue weighted by Crippen LogP contribution is 2.20. The van der Waals surface area contributed by atoms with Gasteiger partial charge in [0.05, 0.1) is 19.3 Å². The highest BCUT2D eigenvalue weighted by atomic mass is 16.5. The Morgan fingerprint density at radius 1 is 1.47 bits per heavy atom. The molecule has 0 radical (unpaired) electrons. The second-order valence-electron chi connectivity index (χ2n) is 5.03. The summed E-state index contributed by atoms with van der Waals surface area (Å²) < 4.78 is 5.55. The van der Waals surface area contributed by atoms with Crippen LogP contribution in [-0.4, -0.2) is 37.3 Å². The average molecular weight is 263 g/mol. The first-order valence-corrected chi connectivity index (χ1v) is 7.35. The lowest BCUT2D eigenvalue weighted by Gasteiger charge is -2.36. The van der Waals surface area contributed by atoms with Gasteiger partial charge < -0.3 is 15.0 Å². The number of hydrogen-bond donors (Lipinski definition) is 1. The summed E-state index contributed by atoms with van der Waals surface area (Å²) in [6.07, 6.45) is 4.18. The monoisotopic (exact) mass is 263 g/mol. The Bertz CT molecular complexity index is 383. The Hall–Kier alpha value is -1.13. The van der Waals surface area contributed by atoms with Crippen LogP contribution in [-0.2, 0) is 11.3 Å². The topological polar surface area (TPSA) is 37.4 Å². The fourth-order valence-corrected chi connectivity index (χ4v) is 2.43. The lowest BCUT2D eigenvalue weighted by Crippen LogP contribution is -2.45. The van der Waals surface area contributed by atoms with Crippen LogP contribution in [0.2, 0.25) is 0 Å².